The number of carbonyl (C=O) groups excluding carboxylic acids is 2. The van der Waals surface area contributed by atoms with E-state index in [1.165, 1.54) is 6.42 Å². The zero-order chi connectivity index (χ0) is 17.8. The van der Waals surface area contributed by atoms with E-state index in [9.17, 15) is 9.59 Å². The minimum atomic E-state index is -0.576. The summed E-state index contributed by atoms with van der Waals surface area (Å²) in [4.78, 5) is 26.1. The third-order valence-electron chi connectivity index (χ3n) is 4.72. The van der Waals surface area contributed by atoms with E-state index < -0.39 is 6.09 Å². The summed E-state index contributed by atoms with van der Waals surface area (Å²) < 4.78 is 10.8. The molecular weight excluding hydrogens is 322 g/mol. The summed E-state index contributed by atoms with van der Waals surface area (Å²) >= 11 is 0. The fourth-order valence-electron chi connectivity index (χ4n) is 3.50. The number of piperidine rings is 1. The minimum absolute atomic E-state index is 0.0377. The zero-order valence-corrected chi connectivity index (χ0v) is 14.9. The number of fused-ring (bicyclic) bond motifs is 1. The van der Waals surface area contributed by atoms with Crippen molar-refractivity contribution in [2.24, 2.45) is 5.10 Å². The molecule has 1 aliphatic heterocycles. The highest BCUT2D eigenvalue weighted by Gasteiger charge is 2.30. The van der Waals surface area contributed by atoms with Crippen LogP contribution in [0, 0.1) is 6.92 Å². The molecule has 2 heterocycles. The van der Waals surface area contributed by atoms with Crippen LogP contribution >= 0.6 is 0 Å². The number of rotatable bonds is 3. The van der Waals surface area contributed by atoms with Gasteiger partial charge in [-0.15, -0.1) is 0 Å². The Labute approximate surface area is 147 Å². The van der Waals surface area contributed by atoms with Crippen molar-refractivity contribution in [3.8, 4) is 0 Å². The lowest BCUT2D eigenvalue weighted by Crippen LogP contribution is -2.35. The van der Waals surface area contributed by atoms with E-state index in [-0.39, 0.29) is 5.91 Å². The highest BCUT2D eigenvalue weighted by molar-refractivity contribution is 6.06. The molecule has 0 aromatic carbocycles. The van der Waals surface area contributed by atoms with Crippen LogP contribution in [-0.4, -0.2) is 42.3 Å². The molecule has 1 aromatic heterocycles. The molecule has 1 N–H and O–H groups in total. The van der Waals surface area contributed by atoms with Gasteiger partial charge in [-0.2, -0.15) is 5.10 Å². The van der Waals surface area contributed by atoms with Crippen LogP contribution in [0.15, 0.2) is 9.52 Å². The van der Waals surface area contributed by atoms with Crippen LogP contribution in [0.3, 0.4) is 0 Å². The molecule has 1 aromatic rings. The fourth-order valence-corrected chi connectivity index (χ4v) is 3.50. The molecule has 25 heavy (non-hydrogen) atoms. The largest absolute Gasteiger partial charge is 0.455 e. The average molecular weight is 347 g/mol. The predicted octanol–water partition coefficient (Wildman–Crippen LogP) is 3.00. The lowest BCUT2D eigenvalue weighted by molar-refractivity contribution is 0.0689. The smallest absolute Gasteiger partial charge is 0.427 e. The van der Waals surface area contributed by atoms with E-state index in [1.54, 1.807) is 6.92 Å². The van der Waals surface area contributed by atoms with E-state index in [1.807, 2.05) is 11.8 Å². The molecule has 0 radical (unpaired) electrons. The maximum absolute atomic E-state index is 12.8. The summed E-state index contributed by atoms with van der Waals surface area (Å²) in [7, 11) is 0. The molecule has 0 spiro atoms. The van der Waals surface area contributed by atoms with Crippen molar-refractivity contribution in [3.05, 3.63) is 22.6 Å². The second-order valence-electron chi connectivity index (χ2n) is 6.45. The topological polar surface area (TPSA) is 84.1 Å². The lowest BCUT2D eigenvalue weighted by Gasteiger charge is -2.25. The first-order chi connectivity index (χ1) is 12.1. The second kappa shape index (κ2) is 7.72. The Kier molecular flexibility index (Phi) is 5.40. The summed E-state index contributed by atoms with van der Waals surface area (Å²) in [6.07, 6.45) is 5.07. The van der Waals surface area contributed by atoms with Crippen LogP contribution in [-0.2, 0) is 11.2 Å². The fraction of sp³-hybridized carbons (Fsp3) is 0.611. The number of carbonyl (C=O) groups is 2. The molecule has 2 aliphatic rings. The van der Waals surface area contributed by atoms with Gasteiger partial charge in [0.15, 0.2) is 5.76 Å². The first kappa shape index (κ1) is 17.5. The van der Waals surface area contributed by atoms with Crippen LogP contribution in [0.5, 0.6) is 0 Å². The Morgan fingerprint density at radius 1 is 1.20 bits per heavy atom. The van der Waals surface area contributed by atoms with Gasteiger partial charge in [-0.3, -0.25) is 4.79 Å². The van der Waals surface area contributed by atoms with Gasteiger partial charge in [0.25, 0.3) is 5.91 Å². The monoisotopic (exact) mass is 347 g/mol. The number of hydrazone groups is 1. The highest BCUT2D eigenvalue weighted by atomic mass is 16.5. The number of nitrogens with one attached hydrogen (secondary N) is 1. The SMILES string of the molecule is CCOC(=O)N/N=C1\CCCc2oc(C(=O)N3CCCCC3)c(C)c21. The standard InChI is InChI=1S/C18H25N3O4/c1-3-24-18(23)20-19-13-8-7-9-14-15(13)12(2)16(25-14)17(22)21-10-5-4-6-11-21/h3-11H2,1-2H3,(H,20,23)/b19-13+. The molecule has 7 heteroatoms. The van der Waals surface area contributed by atoms with Gasteiger partial charge >= 0.3 is 6.09 Å². The summed E-state index contributed by atoms with van der Waals surface area (Å²) in [5.74, 6) is 1.16. The minimum Gasteiger partial charge on any atom is -0.455 e. The molecule has 7 nitrogen and oxygen atoms in total. The molecular formula is C18H25N3O4. The molecule has 0 unspecified atom stereocenters. The van der Waals surface area contributed by atoms with Crippen molar-refractivity contribution in [2.45, 2.75) is 52.4 Å². The maximum Gasteiger partial charge on any atom is 0.427 e. The second-order valence-corrected chi connectivity index (χ2v) is 6.45. The van der Waals surface area contributed by atoms with E-state index in [4.69, 9.17) is 9.15 Å². The van der Waals surface area contributed by atoms with Gasteiger partial charge in [0.2, 0.25) is 0 Å². The third kappa shape index (κ3) is 3.70. The van der Waals surface area contributed by atoms with Crippen molar-refractivity contribution >= 4 is 17.7 Å². The molecule has 0 saturated carbocycles. The van der Waals surface area contributed by atoms with Gasteiger partial charge in [-0.1, -0.05) is 0 Å². The van der Waals surface area contributed by atoms with Crippen LogP contribution in [0.2, 0.25) is 0 Å². The Morgan fingerprint density at radius 2 is 1.96 bits per heavy atom. The van der Waals surface area contributed by atoms with E-state index in [2.05, 4.69) is 10.5 Å². The Bertz CT molecular complexity index is 687. The third-order valence-corrected chi connectivity index (χ3v) is 4.72. The van der Waals surface area contributed by atoms with Crippen LogP contribution in [0.25, 0.3) is 0 Å². The Hall–Kier alpha value is -2.31. The van der Waals surface area contributed by atoms with Crippen molar-refractivity contribution in [1.82, 2.24) is 10.3 Å². The normalized spacial score (nSPS) is 18.8. The molecule has 1 fully saturated rings. The number of hydrogen-bond acceptors (Lipinski definition) is 5. The van der Waals surface area contributed by atoms with Crippen molar-refractivity contribution < 1.29 is 18.7 Å². The lowest BCUT2D eigenvalue weighted by atomic mass is 9.93. The molecule has 1 aliphatic carbocycles. The number of amides is 2. The number of ether oxygens (including phenoxy) is 1. The summed E-state index contributed by atoms with van der Waals surface area (Å²) in [6.45, 7) is 5.50. The molecule has 1 saturated heterocycles. The van der Waals surface area contributed by atoms with Crippen LogP contribution < -0.4 is 5.43 Å². The van der Waals surface area contributed by atoms with Gasteiger partial charge in [0.1, 0.15) is 5.76 Å². The number of likely N-dealkylation sites (tertiary alicyclic amines) is 1. The number of aryl methyl sites for hydroxylation is 1. The Balaban J connectivity index is 1.84. The number of hydrogen-bond donors (Lipinski definition) is 1. The highest BCUT2D eigenvalue weighted by Crippen LogP contribution is 2.31. The first-order valence-electron chi connectivity index (χ1n) is 9.03. The van der Waals surface area contributed by atoms with E-state index in [0.717, 1.165) is 67.8 Å². The average Bonchev–Trinajstić information content (AvgIpc) is 2.98. The van der Waals surface area contributed by atoms with Gasteiger partial charge < -0.3 is 14.1 Å². The van der Waals surface area contributed by atoms with Crippen LogP contribution in [0.1, 0.15) is 66.5 Å². The molecule has 0 bridgehead atoms. The number of nitrogens with zero attached hydrogens (tertiary/aromatic N) is 2. The van der Waals surface area contributed by atoms with Gasteiger partial charge in [0, 0.05) is 30.6 Å². The summed E-state index contributed by atoms with van der Waals surface area (Å²) in [6, 6.07) is 0. The molecule has 3 rings (SSSR count). The van der Waals surface area contributed by atoms with E-state index >= 15 is 0 Å². The molecule has 2 amide bonds. The Morgan fingerprint density at radius 3 is 2.68 bits per heavy atom. The molecule has 136 valence electrons. The van der Waals surface area contributed by atoms with Crippen molar-refractivity contribution in [1.29, 1.82) is 0 Å². The van der Waals surface area contributed by atoms with Crippen LogP contribution in [0.4, 0.5) is 4.79 Å². The number of furan rings is 1. The summed E-state index contributed by atoms with van der Waals surface area (Å²) in [5.41, 5.74) is 4.84. The molecule has 0 atom stereocenters. The van der Waals surface area contributed by atoms with Crippen molar-refractivity contribution in [2.75, 3.05) is 19.7 Å². The van der Waals surface area contributed by atoms with E-state index in [0.29, 0.717) is 12.4 Å². The predicted molar refractivity (Wildman–Crippen MR) is 92.8 cm³/mol. The zero-order valence-electron chi connectivity index (χ0n) is 14.9. The quantitative estimate of drug-likeness (QED) is 0.852. The van der Waals surface area contributed by atoms with Gasteiger partial charge in [-0.25, -0.2) is 10.2 Å². The summed E-state index contributed by atoms with van der Waals surface area (Å²) in [5, 5.41) is 4.20. The van der Waals surface area contributed by atoms with Gasteiger partial charge in [0.05, 0.1) is 12.3 Å². The van der Waals surface area contributed by atoms with Gasteiger partial charge in [-0.05, 0) is 46.0 Å². The van der Waals surface area contributed by atoms with Crippen molar-refractivity contribution in [3.63, 3.8) is 0 Å². The maximum atomic E-state index is 12.8. The first-order valence-corrected chi connectivity index (χ1v) is 9.03.